The molecule has 5 nitrogen and oxygen atoms in total. The van der Waals surface area contributed by atoms with Crippen LogP contribution in [0.15, 0.2) is 24.3 Å². The minimum atomic E-state index is -0.244. The molecule has 1 aromatic carbocycles. The van der Waals surface area contributed by atoms with Crippen LogP contribution >= 0.6 is 0 Å². The van der Waals surface area contributed by atoms with Crippen LogP contribution in [0.3, 0.4) is 0 Å². The van der Waals surface area contributed by atoms with Crippen LogP contribution in [0, 0.1) is 6.92 Å². The smallest absolute Gasteiger partial charge is 0.246 e. The molecule has 5 heteroatoms. The van der Waals surface area contributed by atoms with Crippen molar-refractivity contribution in [2.45, 2.75) is 50.9 Å². The van der Waals surface area contributed by atoms with E-state index < -0.39 is 0 Å². The van der Waals surface area contributed by atoms with Gasteiger partial charge in [0.15, 0.2) is 0 Å². The van der Waals surface area contributed by atoms with Crippen molar-refractivity contribution in [3.63, 3.8) is 0 Å². The fraction of sp³-hybridized carbons (Fsp3) is 0.556. The summed E-state index contributed by atoms with van der Waals surface area (Å²) in [5.74, 6) is 0.319. The molecule has 3 heterocycles. The first kappa shape index (κ1) is 14.7. The number of carbonyl (C=O) groups is 2. The molecule has 0 aliphatic carbocycles. The van der Waals surface area contributed by atoms with Gasteiger partial charge in [0, 0.05) is 25.7 Å². The Morgan fingerprint density at radius 3 is 2.74 bits per heavy atom. The molecule has 3 fully saturated rings. The van der Waals surface area contributed by atoms with Crippen molar-refractivity contribution in [1.29, 1.82) is 0 Å². The molecule has 0 spiro atoms. The Kier molecular flexibility index (Phi) is 3.60. The van der Waals surface area contributed by atoms with E-state index in [2.05, 4.69) is 24.4 Å². The fourth-order valence-electron chi connectivity index (χ4n) is 4.19. The van der Waals surface area contributed by atoms with E-state index in [9.17, 15) is 9.59 Å². The molecule has 0 unspecified atom stereocenters. The van der Waals surface area contributed by atoms with Crippen molar-refractivity contribution in [3.8, 4) is 0 Å². The number of amides is 2. The Hall–Kier alpha value is -1.88. The van der Waals surface area contributed by atoms with Crippen LogP contribution < -0.4 is 5.32 Å². The summed E-state index contributed by atoms with van der Waals surface area (Å²) in [6, 6.07) is 8.09. The number of carbonyl (C=O) groups excluding carboxylic acids is 2. The number of nitrogens with zero attached hydrogens (tertiary/aromatic N) is 2. The van der Waals surface area contributed by atoms with Gasteiger partial charge in [0.25, 0.3) is 0 Å². The van der Waals surface area contributed by atoms with Gasteiger partial charge in [-0.3, -0.25) is 9.59 Å². The molecular formula is C18H23N3O2. The Morgan fingerprint density at radius 2 is 1.91 bits per heavy atom. The number of aryl methyl sites for hydroxylation is 1. The molecule has 122 valence electrons. The lowest BCUT2D eigenvalue weighted by Gasteiger charge is -2.38. The van der Waals surface area contributed by atoms with Crippen LogP contribution in [0.2, 0.25) is 0 Å². The third-order valence-electron chi connectivity index (χ3n) is 5.53. The molecular weight excluding hydrogens is 290 g/mol. The van der Waals surface area contributed by atoms with Crippen molar-refractivity contribution >= 4 is 11.8 Å². The highest BCUT2D eigenvalue weighted by atomic mass is 16.2. The summed E-state index contributed by atoms with van der Waals surface area (Å²) in [6.45, 7) is 4.30. The van der Waals surface area contributed by atoms with Crippen molar-refractivity contribution in [1.82, 2.24) is 15.1 Å². The molecule has 4 rings (SSSR count). The zero-order valence-corrected chi connectivity index (χ0v) is 13.5. The summed E-state index contributed by atoms with van der Waals surface area (Å²) in [5.41, 5.74) is 2.54. The highest BCUT2D eigenvalue weighted by Gasteiger charge is 2.51. The highest BCUT2D eigenvalue weighted by molar-refractivity contribution is 5.98. The van der Waals surface area contributed by atoms with E-state index in [0.717, 1.165) is 32.4 Å². The molecule has 0 aromatic heterocycles. The SMILES string of the molecule is Cc1ccccc1CN[C@H]1C[C@H]2C(=O)N3CCC[C@H]3C(=O)N2C1. The summed E-state index contributed by atoms with van der Waals surface area (Å²) in [7, 11) is 0. The van der Waals surface area contributed by atoms with Gasteiger partial charge in [-0.05, 0) is 37.3 Å². The number of piperazine rings is 1. The number of benzene rings is 1. The maximum Gasteiger partial charge on any atom is 0.246 e. The number of nitrogens with one attached hydrogen (secondary N) is 1. The molecule has 1 aromatic rings. The Morgan fingerprint density at radius 1 is 1.13 bits per heavy atom. The van der Waals surface area contributed by atoms with E-state index in [-0.39, 0.29) is 29.9 Å². The van der Waals surface area contributed by atoms with E-state index in [1.165, 1.54) is 11.1 Å². The molecule has 3 aliphatic rings. The molecule has 1 N–H and O–H groups in total. The molecule has 3 atom stereocenters. The molecule has 3 aliphatic heterocycles. The molecule has 0 radical (unpaired) electrons. The molecule has 23 heavy (non-hydrogen) atoms. The summed E-state index contributed by atoms with van der Waals surface area (Å²) < 4.78 is 0. The van der Waals surface area contributed by atoms with E-state index in [1.807, 2.05) is 21.9 Å². The van der Waals surface area contributed by atoms with Gasteiger partial charge in [-0.25, -0.2) is 0 Å². The van der Waals surface area contributed by atoms with Crippen molar-refractivity contribution < 1.29 is 9.59 Å². The summed E-state index contributed by atoms with van der Waals surface area (Å²) in [6.07, 6.45) is 2.52. The van der Waals surface area contributed by atoms with Crippen molar-refractivity contribution in [2.75, 3.05) is 13.1 Å². The quantitative estimate of drug-likeness (QED) is 0.908. The van der Waals surface area contributed by atoms with E-state index >= 15 is 0 Å². The van der Waals surface area contributed by atoms with Crippen molar-refractivity contribution in [3.05, 3.63) is 35.4 Å². The van der Waals surface area contributed by atoms with Gasteiger partial charge in [0.2, 0.25) is 11.8 Å². The largest absolute Gasteiger partial charge is 0.329 e. The maximum atomic E-state index is 12.6. The molecule has 0 bridgehead atoms. The average Bonchev–Trinajstić information content (AvgIpc) is 3.19. The number of rotatable bonds is 3. The molecule has 0 saturated carbocycles. The lowest BCUT2D eigenvalue weighted by atomic mass is 10.1. The van der Waals surface area contributed by atoms with Gasteiger partial charge in [0.05, 0.1) is 0 Å². The van der Waals surface area contributed by atoms with Crippen LogP contribution in [0.1, 0.15) is 30.4 Å². The topological polar surface area (TPSA) is 52.7 Å². The van der Waals surface area contributed by atoms with Crippen LogP contribution in [0.25, 0.3) is 0 Å². The van der Waals surface area contributed by atoms with Gasteiger partial charge in [-0.15, -0.1) is 0 Å². The van der Waals surface area contributed by atoms with Crippen LogP contribution in [0.5, 0.6) is 0 Å². The van der Waals surface area contributed by atoms with Crippen molar-refractivity contribution in [2.24, 2.45) is 0 Å². The maximum absolute atomic E-state index is 12.6. The van der Waals surface area contributed by atoms with Crippen LogP contribution in [0.4, 0.5) is 0 Å². The zero-order valence-electron chi connectivity index (χ0n) is 13.5. The first-order valence-corrected chi connectivity index (χ1v) is 8.54. The predicted molar refractivity (Wildman–Crippen MR) is 86.7 cm³/mol. The summed E-state index contributed by atoms with van der Waals surface area (Å²) >= 11 is 0. The van der Waals surface area contributed by atoms with Gasteiger partial charge >= 0.3 is 0 Å². The summed E-state index contributed by atoms with van der Waals surface area (Å²) in [5, 5.41) is 3.54. The average molecular weight is 313 g/mol. The standard InChI is InChI=1S/C18H23N3O2/c1-12-5-2-3-6-13(12)10-19-14-9-16-18(23)20-8-4-7-15(20)17(22)21(16)11-14/h2-3,5-6,14-16,19H,4,7-11H2,1H3/t14-,15-,16-/m0/s1. The third-order valence-corrected chi connectivity index (χ3v) is 5.53. The van der Waals surface area contributed by atoms with Gasteiger partial charge in [-0.2, -0.15) is 0 Å². The normalized spacial score (nSPS) is 29.9. The number of hydrogen-bond donors (Lipinski definition) is 1. The number of hydrogen-bond acceptors (Lipinski definition) is 3. The number of fused-ring (bicyclic) bond motifs is 2. The Balaban J connectivity index is 1.44. The van der Waals surface area contributed by atoms with Gasteiger partial charge < -0.3 is 15.1 Å². The van der Waals surface area contributed by atoms with E-state index in [4.69, 9.17) is 0 Å². The van der Waals surface area contributed by atoms with Gasteiger partial charge in [-0.1, -0.05) is 24.3 Å². The molecule has 2 amide bonds. The minimum absolute atomic E-state index is 0.160. The third kappa shape index (κ3) is 2.43. The van der Waals surface area contributed by atoms with Crippen LogP contribution in [-0.2, 0) is 16.1 Å². The Labute approximate surface area is 136 Å². The second-order valence-electron chi connectivity index (χ2n) is 6.94. The van der Waals surface area contributed by atoms with E-state index in [1.54, 1.807) is 0 Å². The predicted octanol–water partition coefficient (Wildman–Crippen LogP) is 1.06. The molecule has 3 saturated heterocycles. The fourth-order valence-corrected chi connectivity index (χ4v) is 4.19. The first-order chi connectivity index (χ1) is 11.1. The monoisotopic (exact) mass is 313 g/mol. The highest BCUT2D eigenvalue weighted by Crippen LogP contribution is 2.32. The first-order valence-electron chi connectivity index (χ1n) is 8.54. The summed E-state index contributed by atoms with van der Waals surface area (Å²) in [4.78, 5) is 28.9. The van der Waals surface area contributed by atoms with Crippen LogP contribution in [-0.4, -0.2) is 52.8 Å². The van der Waals surface area contributed by atoms with E-state index in [0.29, 0.717) is 6.54 Å². The van der Waals surface area contributed by atoms with Gasteiger partial charge in [0.1, 0.15) is 12.1 Å². The second-order valence-corrected chi connectivity index (χ2v) is 6.94. The second kappa shape index (κ2) is 5.64. The lowest BCUT2D eigenvalue weighted by Crippen LogP contribution is -2.60. The minimum Gasteiger partial charge on any atom is -0.329 e. The lowest BCUT2D eigenvalue weighted by molar-refractivity contribution is -0.156. The zero-order chi connectivity index (χ0) is 16.0. The Bertz CT molecular complexity index is 615.